The van der Waals surface area contributed by atoms with E-state index in [2.05, 4.69) is 53.8 Å². The summed E-state index contributed by atoms with van der Waals surface area (Å²) in [6.45, 7) is 15.5. The van der Waals surface area contributed by atoms with Gasteiger partial charge in [0.05, 0.1) is 5.76 Å². The van der Waals surface area contributed by atoms with Crippen LogP contribution in [-0.2, 0) is 9.22 Å². The van der Waals surface area contributed by atoms with E-state index in [1.54, 1.807) is 0 Å². The lowest BCUT2D eigenvalue weighted by molar-refractivity contribution is -0.121. The monoisotopic (exact) mass is 334 g/mol. The molecule has 0 aromatic heterocycles. The molecule has 2 aliphatic rings. The molecule has 23 heavy (non-hydrogen) atoms. The fourth-order valence-electron chi connectivity index (χ4n) is 3.49. The molecule has 2 atom stereocenters. The molecule has 0 radical (unpaired) electrons. The summed E-state index contributed by atoms with van der Waals surface area (Å²) in [5.74, 6) is 2.12. The van der Waals surface area contributed by atoms with Gasteiger partial charge >= 0.3 is 0 Å². The second-order valence-corrected chi connectivity index (χ2v) is 13.8. The Bertz CT molecular complexity index is 530. The van der Waals surface area contributed by atoms with Crippen molar-refractivity contribution in [3.63, 3.8) is 0 Å². The molecule has 0 spiro atoms. The molecule has 0 aromatic carbocycles. The summed E-state index contributed by atoms with van der Waals surface area (Å²) in [7, 11) is -1.86. The molecule has 0 heterocycles. The Kier molecular flexibility index (Phi) is 5.30. The molecule has 2 aliphatic carbocycles. The van der Waals surface area contributed by atoms with Crippen LogP contribution in [-0.4, -0.2) is 14.1 Å². The Morgan fingerprint density at radius 3 is 2.35 bits per heavy atom. The Balaban J connectivity index is 2.36. The van der Waals surface area contributed by atoms with E-state index in [-0.39, 0.29) is 11.0 Å². The van der Waals surface area contributed by atoms with Gasteiger partial charge in [0.25, 0.3) is 0 Å². The molecule has 1 saturated carbocycles. The van der Waals surface area contributed by atoms with Gasteiger partial charge < -0.3 is 4.43 Å². The fraction of sp³-hybridized carbons (Fsp3) is 0.750. The number of hydrogen-bond donors (Lipinski definition) is 0. The largest absolute Gasteiger partial charge is 0.546 e. The van der Waals surface area contributed by atoms with Crippen molar-refractivity contribution in [2.45, 2.75) is 84.9 Å². The van der Waals surface area contributed by atoms with Gasteiger partial charge in [0.15, 0.2) is 5.78 Å². The molecule has 0 unspecified atom stereocenters. The second-order valence-electron chi connectivity index (χ2n) is 9.11. The van der Waals surface area contributed by atoms with E-state index in [0.717, 1.165) is 29.7 Å². The van der Waals surface area contributed by atoms with E-state index in [9.17, 15) is 4.79 Å². The molecule has 0 bridgehead atoms. The van der Waals surface area contributed by atoms with Crippen LogP contribution < -0.4 is 0 Å². The normalized spacial score (nSPS) is 26.3. The summed E-state index contributed by atoms with van der Waals surface area (Å²) >= 11 is 0. The number of carbonyl (C=O) groups is 1. The maximum atomic E-state index is 13.0. The van der Waals surface area contributed by atoms with E-state index in [4.69, 9.17) is 4.43 Å². The lowest BCUT2D eigenvalue weighted by Crippen LogP contribution is -2.40. The van der Waals surface area contributed by atoms with Gasteiger partial charge in [-0.15, -0.1) is 0 Å². The van der Waals surface area contributed by atoms with Crippen LogP contribution in [0.4, 0.5) is 0 Å². The first-order valence-corrected chi connectivity index (χ1v) is 12.0. The summed E-state index contributed by atoms with van der Waals surface area (Å²) in [6, 6.07) is 0. The van der Waals surface area contributed by atoms with Crippen molar-refractivity contribution in [1.29, 1.82) is 0 Å². The zero-order chi connectivity index (χ0) is 17.4. The summed E-state index contributed by atoms with van der Waals surface area (Å²) in [5, 5.41) is 0.182. The molecule has 2 rings (SSSR count). The third-order valence-electron chi connectivity index (χ3n) is 6.01. The predicted octanol–water partition coefficient (Wildman–Crippen LogP) is 6.01. The molecular weight excluding hydrogens is 300 g/mol. The van der Waals surface area contributed by atoms with Crippen LogP contribution in [0.15, 0.2) is 23.0 Å². The van der Waals surface area contributed by atoms with Gasteiger partial charge in [-0.05, 0) is 56.8 Å². The lowest BCUT2D eigenvalue weighted by Gasteiger charge is -2.38. The molecule has 0 aromatic rings. The summed E-state index contributed by atoms with van der Waals surface area (Å²) in [5.41, 5.74) is 2.03. The first-order chi connectivity index (χ1) is 10.5. The van der Waals surface area contributed by atoms with Crippen molar-refractivity contribution < 1.29 is 9.22 Å². The highest BCUT2D eigenvalue weighted by Gasteiger charge is 2.41. The third-order valence-corrected chi connectivity index (χ3v) is 10.4. The van der Waals surface area contributed by atoms with E-state index < -0.39 is 8.32 Å². The highest BCUT2D eigenvalue weighted by atomic mass is 28.4. The van der Waals surface area contributed by atoms with Crippen molar-refractivity contribution in [1.82, 2.24) is 0 Å². The van der Waals surface area contributed by atoms with Gasteiger partial charge in [-0.2, -0.15) is 0 Å². The van der Waals surface area contributed by atoms with Crippen LogP contribution >= 0.6 is 0 Å². The Labute approximate surface area is 143 Å². The Morgan fingerprint density at radius 1 is 1.17 bits per heavy atom. The maximum absolute atomic E-state index is 13.0. The molecule has 0 aliphatic heterocycles. The number of carbonyl (C=O) groups excluding carboxylic acids is 1. The smallest absolute Gasteiger partial charge is 0.250 e. The maximum Gasteiger partial charge on any atom is 0.250 e. The van der Waals surface area contributed by atoms with Gasteiger partial charge in [0, 0.05) is 17.9 Å². The Morgan fingerprint density at radius 2 is 1.78 bits per heavy atom. The zero-order valence-corrected chi connectivity index (χ0v) is 17.1. The number of rotatable bonds is 2. The first-order valence-electron chi connectivity index (χ1n) is 9.14. The minimum atomic E-state index is -1.86. The average Bonchev–Trinajstić information content (AvgIpc) is 2.55. The van der Waals surface area contributed by atoms with Gasteiger partial charge in [-0.25, -0.2) is 0 Å². The van der Waals surface area contributed by atoms with E-state index in [0.29, 0.717) is 11.7 Å². The Hall–Kier alpha value is -0.833. The topological polar surface area (TPSA) is 26.3 Å². The van der Waals surface area contributed by atoms with Gasteiger partial charge in [0.2, 0.25) is 8.32 Å². The van der Waals surface area contributed by atoms with Crippen molar-refractivity contribution in [2.24, 2.45) is 11.8 Å². The molecule has 0 amide bonds. The molecule has 130 valence electrons. The standard InChI is InChI=1S/C20H34O2Si/c1-14(2)18-13-16(22-23(6,7)20(3,4)5)12-15-10-8-9-11-17(15)19(18)21/h13,15,17H,8-12H2,1-7H3/t15-,17-/m0/s1. The van der Waals surface area contributed by atoms with Gasteiger partial charge in [-0.1, -0.05) is 39.2 Å². The molecule has 0 saturated heterocycles. The average molecular weight is 335 g/mol. The van der Waals surface area contributed by atoms with Gasteiger partial charge in [-0.3, -0.25) is 4.79 Å². The van der Waals surface area contributed by atoms with Crippen molar-refractivity contribution in [3.8, 4) is 0 Å². The van der Waals surface area contributed by atoms with E-state index in [1.807, 2.05) is 0 Å². The van der Waals surface area contributed by atoms with Gasteiger partial charge in [0.1, 0.15) is 0 Å². The van der Waals surface area contributed by atoms with Crippen LogP contribution in [0.5, 0.6) is 0 Å². The zero-order valence-electron chi connectivity index (χ0n) is 16.1. The van der Waals surface area contributed by atoms with E-state index in [1.165, 1.54) is 19.3 Å². The number of Topliss-reactive ketones (excluding diaryl/α,β-unsaturated/α-hetero) is 1. The van der Waals surface area contributed by atoms with Crippen LogP contribution in [0.2, 0.25) is 18.1 Å². The summed E-state index contributed by atoms with van der Waals surface area (Å²) < 4.78 is 6.61. The summed E-state index contributed by atoms with van der Waals surface area (Å²) in [4.78, 5) is 13.0. The molecule has 3 heteroatoms. The highest BCUT2D eigenvalue weighted by molar-refractivity contribution is 6.74. The molecule has 2 nitrogen and oxygen atoms in total. The minimum Gasteiger partial charge on any atom is -0.546 e. The molecular formula is C20H34O2Si. The number of ketones is 1. The van der Waals surface area contributed by atoms with Crippen LogP contribution in [0.3, 0.4) is 0 Å². The summed E-state index contributed by atoms with van der Waals surface area (Å²) in [6.07, 6.45) is 7.70. The van der Waals surface area contributed by atoms with Crippen LogP contribution in [0.25, 0.3) is 0 Å². The number of allylic oxidation sites excluding steroid dienone is 4. The SMILES string of the molecule is CC(C)=C1C=C(O[Si](C)(C)C(C)(C)C)C[C@@H]2CCCC[C@@H]2C1=O. The quantitative estimate of drug-likeness (QED) is 0.457. The van der Waals surface area contributed by atoms with E-state index >= 15 is 0 Å². The highest BCUT2D eigenvalue weighted by Crippen LogP contribution is 2.43. The fourth-order valence-corrected chi connectivity index (χ4v) is 4.59. The third kappa shape index (κ3) is 3.99. The second kappa shape index (κ2) is 6.58. The minimum absolute atomic E-state index is 0.182. The van der Waals surface area contributed by atoms with Crippen molar-refractivity contribution >= 4 is 14.1 Å². The lowest BCUT2D eigenvalue weighted by atomic mass is 9.75. The van der Waals surface area contributed by atoms with Crippen LogP contribution in [0.1, 0.15) is 66.7 Å². The predicted molar refractivity (Wildman–Crippen MR) is 99.8 cm³/mol. The number of fused-ring (bicyclic) bond motifs is 1. The number of hydrogen-bond acceptors (Lipinski definition) is 2. The molecule has 0 N–H and O–H groups in total. The first kappa shape index (κ1) is 18.5. The van der Waals surface area contributed by atoms with Crippen LogP contribution in [0, 0.1) is 11.8 Å². The van der Waals surface area contributed by atoms with Crippen molar-refractivity contribution in [3.05, 3.63) is 23.0 Å². The van der Waals surface area contributed by atoms with Crippen molar-refractivity contribution in [2.75, 3.05) is 0 Å². The molecule has 1 fully saturated rings.